The number of aryl methyl sites for hydroxylation is 3. The van der Waals surface area contributed by atoms with E-state index in [1.54, 1.807) is 0 Å². The van der Waals surface area contributed by atoms with Gasteiger partial charge in [0.15, 0.2) is 0 Å². The molecule has 0 bridgehead atoms. The maximum atomic E-state index is 12.4. The Labute approximate surface area is 144 Å². The first-order valence-electron chi connectivity index (χ1n) is 8.77. The minimum Gasteiger partial charge on any atom is -0.338 e. The fourth-order valence-electron chi connectivity index (χ4n) is 3.52. The largest absolute Gasteiger partial charge is 0.338 e. The third-order valence-corrected chi connectivity index (χ3v) is 5.18. The monoisotopic (exact) mass is 325 g/mol. The van der Waals surface area contributed by atoms with Crippen molar-refractivity contribution in [1.82, 2.24) is 14.5 Å². The topological polar surface area (TPSA) is 38.1 Å². The summed E-state index contributed by atoms with van der Waals surface area (Å²) in [7, 11) is 1.89. The summed E-state index contributed by atoms with van der Waals surface area (Å²) < 4.78 is 2.16. The van der Waals surface area contributed by atoms with Crippen LogP contribution in [0, 0.1) is 26.7 Å². The Morgan fingerprint density at radius 2 is 1.92 bits per heavy atom. The van der Waals surface area contributed by atoms with Gasteiger partial charge in [-0.25, -0.2) is 4.98 Å². The number of hydrogen-bond donors (Lipinski definition) is 0. The normalized spacial score (nSPS) is 14.5. The second-order valence-electron chi connectivity index (χ2n) is 7.17. The smallest absolute Gasteiger partial charge is 0.225 e. The van der Waals surface area contributed by atoms with Crippen molar-refractivity contribution >= 4 is 5.91 Å². The molecule has 1 amide bonds. The Hall–Kier alpha value is -2.10. The second kappa shape index (κ2) is 6.80. The lowest BCUT2D eigenvalue weighted by atomic mass is 9.84. The first-order chi connectivity index (χ1) is 11.5. The van der Waals surface area contributed by atoms with Gasteiger partial charge in [-0.1, -0.05) is 24.1 Å². The van der Waals surface area contributed by atoms with Crippen LogP contribution in [0.2, 0.25) is 0 Å². The summed E-state index contributed by atoms with van der Waals surface area (Å²) in [5.41, 5.74) is 5.26. The maximum absolute atomic E-state index is 12.4. The highest BCUT2D eigenvalue weighted by molar-refractivity contribution is 5.79. The predicted molar refractivity (Wildman–Crippen MR) is 95.8 cm³/mol. The fourth-order valence-corrected chi connectivity index (χ4v) is 3.52. The van der Waals surface area contributed by atoms with Gasteiger partial charge >= 0.3 is 0 Å². The van der Waals surface area contributed by atoms with Gasteiger partial charge in [0.1, 0.15) is 5.82 Å². The van der Waals surface area contributed by atoms with Gasteiger partial charge in [0, 0.05) is 31.9 Å². The number of carbonyl (C=O) groups is 1. The number of benzene rings is 1. The van der Waals surface area contributed by atoms with Crippen molar-refractivity contribution in [2.24, 2.45) is 5.92 Å². The van der Waals surface area contributed by atoms with Crippen molar-refractivity contribution < 1.29 is 4.79 Å². The van der Waals surface area contributed by atoms with E-state index in [0.717, 1.165) is 25.2 Å². The molecule has 1 aromatic carbocycles. The van der Waals surface area contributed by atoms with Crippen molar-refractivity contribution in [3.63, 3.8) is 0 Å². The molecule has 1 aromatic heterocycles. The molecular formula is C20H27N3O. The second-order valence-corrected chi connectivity index (χ2v) is 7.17. The van der Waals surface area contributed by atoms with Gasteiger partial charge in [0.2, 0.25) is 5.91 Å². The van der Waals surface area contributed by atoms with Crippen molar-refractivity contribution in [1.29, 1.82) is 0 Å². The molecule has 24 heavy (non-hydrogen) atoms. The summed E-state index contributed by atoms with van der Waals surface area (Å²) >= 11 is 0. The number of nitrogens with zero attached hydrogens (tertiary/aromatic N) is 3. The Bertz CT molecular complexity index is 720. The molecule has 0 aliphatic heterocycles. The van der Waals surface area contributed by atoms with Crippen LogP contribution in [-0.2, 0) is 17.9 Å². The Morgan fingerprint density at radius 1 is 1.25 bits per heavy atom. The van der Waals surface area contributed by atoms with Crippen LogP contribution in [0.4, 0.5) is 0 Å². The van der Waals surface area contributed by atoms with Gasteiger partial charge in [-0.3, -0.25) is 4.79 Å². The van der Waals surface area contributed by atoms with E-state index in [4.69, 9.17) is 0 Å². The van der Waals surface area contributed by atoms with Crippen LogP contribution in [0.15, 0.2) is 24.5 Å². The Kier molecular flexibility index (Phi) is 4.74. The average Bonchev–Trinajstić information content (AvgIpc) is 2.87. The molecule has 1 heterocycles. The van der Waals surface area contributed by atoms with Gasteiger partial charge in [-0.05, 0) is 50.3 Å². The third-order valence-electron chi connectivity index (χ3n) is 5.18. The number of imidazole rings is 1. The van der Waals surface area contributed by atoms with Crippen molar-refractivity contribution in [2.75, 3.05) is 7.05 Å². The Morgan fingerprint density at radius 3 is 2.50 bits per heavy atom. The van der Waals surface area contributed by atoms with Gasteiger partial charge in [-0.2, -0.15) is 0 Å². The van der Waals surface area contributed by atoms with E-state index in [0.29, 0.717) is 6.54 Å². The molecule has 1 fully saturated rings. The summed E-state index contributed by atoms with van der Waals surface area (Å²) in [6.07, 6.45) is 7.11. The highest BCUT2D eigenvalue weighted by atomic mass is 16.2. The fraction of sp³-hybridized carbons (Fsp3) is 0.500. The van der Waals surface area contributed by atoms with E-state index in [-0.39, 0.29) is 11.8 Å². The molecule has 2 aromatic rings. The van der Waals surface area contributed by atoms with E-state index in [2.05, 4.69) is 42.5 Å². The average molecular weight is 325 g/mol. The molecule has 0 atom stereocenters. The number of carbonyl (C=O) groups excluding carboxylic acids is 1. The molecule has 128 valence electrons. The van der Waals surface area contributed by atoms with Crippen molar-refractivity contribution in [2.45, 2.75) is 53.1 Å². The first kappa shape index (κ1) is 16.7. The highest BCUT2D eigenvalue weighted by Crippen LogP contribution is 2.28. The quantitative estimate of drug-likeness (QED) is 0.842. The molecular weight excluding hydrogens is 298 g/mol. The molecule has 0 N–H and O–H groups in total. The van der Waals surface area contributed by atoms with E-state index in [1.165, 1.54) is 28.7 Å². The van der Waals surface area contributed by atoms with Crippen LogP contribution >= 0.6 is 0 Å². The molecule has 0 unspecified atom stereocenters. The van der Waals surface area contributed by atoms with Crippen LogP contribution < -0.4 is 0 Å². The number of aromatic nitrogens is 2. The summed E-state index contributed by atoms with van der Waals surface area (Å²) in [4.78, 5) is 18.7. The summed E-state index contributed by atoms with van der Waals surface area (Å²) in [6, 6.07) is 4.45. The van der Waals surface area contributed by atoms with Gasteiger partial charge in [-0.15, -0.1) is 0 Å². The molecule has 0 saturated heterocycles. The van der Waals surface area contributed by atoms with Crippen molar-refractivity contribution in [3.8, 4) is 0 Å². The lowest BCUT2D eigenvalue weighted by molar-refractivity contribution is -0.137. The first-order valence-corrected chi connectivity index (χ1v) is 8.77. The minimum atomic E-state index is 0.236. The predicted octanol–water partition coefficient (Wildman–Crippen LogP) is 3.62. The zero-order valence-corrected chi connectivity index (χ0v) is 15.2. The molecule has 1 aliphatic rings. The van der Waals surface area contributed by atoms with Gasteiger partial charge in [0.05, 0.1) is 6.54 Å². The van der Waals surface area contributed by atoms with Crippen LogP contribution in [0.3, 0.4) is 0 Å². The number of rotatable bonds is 5. The van der Waals surface area contributed by atoms with E-state index in [9.17, 15) is 4.79 Å². The molecule has 4 nitrogen and oxygen atoms in total. The minimum absolute atomic E-state index is 0.236. The number of hydrogen-bond acceptors (Lipinski definition) is 2. The summed E-state index contributed by atoms with van der Waals surface area (Å²) in [5.74, 6) is 1.45. The molecule has 0 spiro atoms. The van der Waals surface area contributed by atoms with E-state index in [1.807, 2.05) is 24.3 Å². The van der Waals surface area contributed by atoms with E-state index >= 15 is 0 Å². The zero-order chi connectivity index (χ0) is 17.3. The van der Waals surface area contributed by atoms with Crippen molar-refractivity contribution in [3.05, 3.63) is 52.6 Å². The molecule has 3 rings (SSSR count). The maximum Gasteiger partial charge on any atom is 0.225 e. The van der Waals surface area contributed by atoms with E-state index < -0.39 is 0 Å². The van der Waals surface area contributed by atoms with Crippen LogP contribution in [0.5, 0.6) is 0 Å². The lowest BCUT2D eigenvalue weighted by Gasteiger charge is -2.29. The summed E-state index contributed by atoms with van der Waals surface area (Å²) in [6.45, 7) is 7.84. The van der Waals surface area contributed by atoms with Gasteiger partial charge < -0.3 is 9.47 Å². The van der Waals surface area contributed by atoms with Gasteiger partial charge in [0.25, 0.3) is 0 Å². The Balaban J connectivity index is 1.75. The number of amides is 1. The van der Waals surface area contributed by atoms with Crippen LogP contribution in [0.1, 0.15) is 47.3 Å². The molecule has 1 saturated carbocycles. The molecule has 1 aliphatic carbocycles. The lowest BCUT2D eigenvalue weighted by Crippen LogP contribution is -2.36. The van der Waals surface area contributed by atoms with Crippen LogP contribution in [-0.4, -0.2) is 27.4 Å². The van der Waals surface area contributed by atoms with Crippen LogP contribution in [0.25, 0.3) is 0 Å². The molecule has 0 radical (unpaired) electrons. The molecule has 4 heteroatoms. The zero-order valence-electron chi connectivity index (χ0n) is 15.2. The third kappa shape index (κ3) is 3.37. The highest BCUT2D eigenvalue weighted by Gasteiger charge is 2.28. The SMILES string of the molecule is Cc1cc(C)c(Cn2ccnc2CN(C)C(=O)C2CCC2)c(C)c1. The standard InChI is InChI=1S/C20H27N3O/c1-14-10-15(2)18(16(3)11-14)12-23-9-8-21-19(23)13-22(4)20(24)17-6-5-7-17/h8-11,17H,5-7,12-13H2,1-4H3. The summed E-state index contributed by atoms with van der Waals surface area (Å²) in [5, 5.41) is 0.